The van der Waals surface area contributed by atoms with E-state index < -0.39 is 6.17 Å². The fourth-order valence-electron chi connectivity index (χ4n) is 2.85. The average Bonchev–Trinajstić information content (AvgIpc) is 2.37. The Kier molecular flexibility index (Phi) is 4.28. The standard InChI is InChI=1S/C17H24FNO/c1-12(20)13-5-7-14(8-6-13)15-9-10-19(11-16(15)18)17(2,3)4/h5-8,15-16H,9-11H2,1-4H3. The van der Waals surface area contributed by atoms with Crippen LogP contribution in [0, 0.1) is 0 Å². The lowest BCUT2D eigenvalue weighted by Crippen LogP contribution is -2.50. The molecule has 1 fully saturated rings. The molecule has 2 unspecified atom stereocenters. The second-order valence-electron chi connectivity index (χ2n) is 6.71. The summed E-state index contributed by atoms with van der Waals surface area (Å²) in [5.41, 5.74) is 1.72. The minimum atomic E-state index is -0.842. The molecule has 1 aliphatic rings. The molecule has 3 heteroatoms. The van der Waals surface area contributed by atoms with Crippen molar-refractivity contribution in [1.82, 2.24) is 4.90 Å². The first-order valence-electron chi connectivity index (χ1n) is 7.29. The first-order chi connectivity index (χ1) is 9.29. The zero-order valence-corrected chi connectivity index (χ0v) is 12.8. The summed E-state index contributed by atoms with van der Waals surface area (Å²) in [4.78, 5) is 13.5. The maximum Gasteiger partial charge on any atom is 0.159 e. The number of carbonyl (C=O) groups is 1. The van der Waals surface area contributed by atoms with Crippen LogP contribution in [0.25, 0.3) is 0 Å². The van der Waals surface area contributed by atoms with Crippen molar-refractivity contribution in [1.29, 1.82) is 0 Å². The Balaban J connectivity index is 2.09. The number of likely N-dealkylation sites (tertiary alicyclic amines) is 1. The summed E-state index contributed by atoms with van der Waals surface area (Å²) in [5, 5.41) is 0. The van der Waals surface area contributed by atoms with Crippen LogP contribution >= 0.6 is 0 Å². The van der Waals surface area contributed by atoms with Gasteiger partial charge in [0.25, 0.3) is 0 Å². The third kappa shape index (κ3) is 3.26. The average molecular weight is 277 g/mol. The number of benzene rings is 1. The summed E-state index contributed by atoms with van der Waals surface area (Å²) >= 11 is 0. The van der Waals surface area contributed by atoms with Gasteiger partial charge in [-0.25, -0.2) is 4.39 Å². The maximum absolute atomic E-state index is 14.5. The molecule has 0 bridgehead atoms. The monoisotopic (exact) mass is 277 g/mol. The molecule has 1 aliphatic heterocycles. The van der Waals surface area contributed by atoms with Crippen molar-refractivity contribution in [2.24, 2.45) is 0 Å². The van der Waals surface area contributed by atoms with Crippen LogP contribution in [0.1, 0.15) is 56.0 Å². The third-order valence-corrected chi connectivity index (χ3v) is 4.24. The molecule has 2 rings (SSSR count). The Morgan fingerprint density at radius 1 is 1.25 bits per heavy atom. The van der Waals surface area contributed by atoms with E-state index in [1.54, 1.807) is 19.1 Å². The van der Waals surface area contributed by atoms with Gasteiger partial charge in [0.1, 0.15) is 6.17 Å². The summed E-state index contributed by atoms with van der Waals surface area (Å²) in [7, 11) is 0. The number of carbonyl (C=O) groups excluding carboxylic acids is 1. The molecule has 0 radical (unpaired) electrons. The molecule has 0 saturated carbocycles. The molecule has 0 N–H and O–H groups in total. The van der Waals surface area contributed by atoms with Crippen molar-refractivity contribution in [2.75, 3.05) is 13.1 Å². The predicted molar refractivity (Wildman–Crippen MR) is 80.0 cm³/mol. The van der Waals surface area contributed by atoms with Crippen LogP contribution in [0.3, 0.4) is 0 Å². The zero-order valence-electron chi connectivity index (χ0n) is 12.8. The highest BCUT2D eigenvalue weighted by Crippen LogP contribution is 2.33. The molecule has 1 heterocycles. The fourth-order valence-corrected chi connectivity index (χ4v) is 2.85. The minimum Gasteiger partial charge on any atom is -0.296 e. The van der Waals surface area contributed by atoms with Crippen molar-refractivity contribution in [3.05, 3.63) is 35.4 Å². The van der Waals surface area contributed by atoms with Crippen molar-refractivity contribution in [3.8, 4) is 0 Å². The second kappa shape index (κ2) is 5.65. The Morgan fingerprint density at radius 2 is 1.85 bits per heavy atom. The van der Waals surface area contributed by atoms with Crippen molar-refractivity contribution >= 4 is 5.78 Å². The van der Waals surface area contributed by atoms with Gasteiger partial charge in [-0.2, -0.15) is 0 Å². The molecule has 2 nitrogen and oxygen atoms in total. The largest absolute Gasteiger partial charge is 0.296 e. The maximum atomic E-state index is 14.5. The molecule has 0 spiro atoms. The molecule has 2 atom stereocenters. The number of Topliss-reactive ketones (excluding diaryl/α,β-unsaturated/α-hetero) is 1. The number of hydrogen-bond acceptors (Lipinski definition) is 2. The molecule has 1 aromatic carbocycles. The van der Waals surface area contributed by atoms with Gasteiger partial charge in [0, 0.05) is 23.6 Å². The van der Waals surface area contributed by atoms with Crippen molar-refractivity contribution in [2.45, 2.75) is 51.7 Å². The van der Waals surface area contributed by atoms with Gasteiger partial charge >= 0.3 is 0 Å². The van der Waals surface area contributed by atoms with Gasteiger partial charge < -0.3 is 0 Å². The van der Waals surface area contributed by atoms with Crippen LogP contribution in [0.2, 0.25) is 0 Å². The van der Waals surface area contributed by atoms with Gasteiger partial charge in [0.15, 0.2) is 5.78 Å². The molecular formula is C17H24FNO. The first kappa shape index (κ1) is 15.2. The lowest BCUT2D eigenvalue weighted by molar-refractivity contribution is 0.0495. The Labute approximate surface area is 121 Å². The van der Waals surface area contributed by atoms with Gasteiger partial charge in [-0.05, 0) is 46.2 Å². The molecule has 0 amide bonds. The van der Waals surface area contributed by atoms with E-state index in [4.69, 9.17) is 0 Å². The minimum absolute atomic E-state index is 0.0216. The molecular weight excluding hydrogens is 253 g/mol. The molecule has 1 saturated heterocycles. The Morgan fingerprint density at radius 3 is 2.30 bits per heavy atom. The van der Waals surface area contributed by atoms with E-state index >= 15 is 0 Å². The summed E-state index contributed by atoms with van der Waals surface area (Å²) in [6.07, 6.45) is -0.0103. The highest BCUT2D eigenvalue weighted by Gasteiger charge is 2.34. The molecule has 1 aromatic rings. The van der Waals surface area contributed by atoms with E-state index in [1.807, 2.05) is 12.1 Å². The number of halogens is 1. The number of rotatable bonds is 2. The normalized spacial score (nSPS) is 24.6. The quantitative estimate of drug-likeness (QED) is 0.766. The summed E-state index contributed by atoms with van der Waals surface area (Å²) in [5.74, 6) is 0.00510. The van der Waals surface area contributed by atoms with E-state index in [2.05, 4.69) is 25.7 Å². The molecule has 0 aliphatic carbocycles. The third-order valence-electron chi connectivity index (χ3n) is 4.24. The lowest BCUT2D eigenvalue weighted by Gasteiger charge is -2.42. The van der Waals surface area contributed by atoms with Gasteiger partial charge in [-0.15, -0.1) is 0 Å². The highest BCUT2D eigenvalue weighted by molar-refractivity contribution is 5.94. The summed E-state index contributed by atoms with van der Waals surface area (Å²) in [6, 6.07) is 7.42. The number of alkyl halides is 1. The van der Waals surface area contributed by atoms with E-state index in [1.165, 1.54) is 0 Å². The number of piperidine rings is 1. The van der Waals surface area contributed by atoms with Crippen LogP contribution in [0.5, 0.6) is 0 Å². The lowest BCUT2D eigenvalue weighted by atomic mass is 9.85. The number of hydrogen-bond donors (Lipinski definition) is 0. The number of ketones is 1. The van der Waals surface area contributed by atoms with Crippen LogP contribution in [0.15, 0.2) is 24.3 Å². The van der Waals surface area contributed by atoms with E-state index in [-0.39, 0.29) is 17.2 Å². The SMILES string of the molecule is CC(=O)c1ccc(C2CCN(C(C)(C)C)CC2F)cc1. The van der Waals surface area contributed by atoms with Crippen molar-refractivity contribution in [3.63, 3.8) is 0 Å². The van der Waals surface area contributed by atoms with Crippen molar-refractivity contribution < 1.29 is 9.18 Å². The smallest absolute Gasteiger partial charge is 0.159 e. The summed E-state index contributed by atoms with van der Waals surface area (Å²) < 4.78 is 14.5. The zero-order chi connectivity index (χ0) is 14.9. The van der Waals surface area contributed by atoms with Crippen LogP contribution < -0.4 is 0 Å². The number of nitrogens with zero attached hydrogens (tertiary/aromatic N) is 1. The highest BCUT2D eigenvalue weighted by atomic mass is 19.1. The van der Waals surface area contributed by atoms with Gasteiger partial charge in [-0.3, -0.25) is 9.69 Å². The molecule has 0 aromatic heterocycles. The molecule has 110 valence electrons. The fraction of sp³-hybridized carbons (Fsp3) is 0.588. The molecule has 20 heavy (non-hydrogen) atoms. The topological polar surface area (TPSA) is 20.3 Å². The van der Waals surface area contributed by atoms with Gasteiger partial charge in [0.05, 0.1) is 0 Å². The van der Waals surface area contributed by atoms with E-state index in [0.717, 1.165) is 18.5 Å². The Bertz CT molecular complexity index is 475. The summed E-state index contributed by atoms with van der Waals surface area (Å²) in [6.45, 7) is 9.34. The first-order valence-corrected chi connectivity index (χ1v) is 7.29. The van der Waals surface area contributed by atoms with Gasteiger partial charge in [0.2, 0.25) is 0 Å². The van der Waals surface area contributed by atoms with E-state index in [0.29, 0.717) is 12.1 Å². The second-order valence-corrected chi connectivity index (χ2v) is 6.71. The van der Waals surface area contributed by atoms with Gasteiger partial charge in [-0.1, -0.05) is 24.3 Å². The van der Waals surface area contributed by atoms with E-state index in [9.17, 15) is 9.18 Å². The van der Waals surface area contributed by atoms with Crippen LogP contribution in [0.4, 0.5) is 4.39 Å². The Hall–Kier alpha value is -1.22. The predicted octanol–water partition coefficient (Wildman–Crippen LogP) is 3.82. The van der Waals surface area contributed by atoms with Crippen LogP contribution in [-0.4, -0.2) is 35.5 Å². The van der Waals surface area contributed by atoms with Crippen LogP contribution in [-0.2, 0) is 0 Å².